The van der Waals surface area contributed by atoms with Crippen molar-refractivity contribution >= 4 is 23.2 Å². The Balaban J connectivity index is 2.03. The monoisotopic (exact) mass is 355 g/mol. The maximum atomic E-state index is 12.3. The molecule has 0 spiro atoms. The second kappa shape index (κ2) is 6.83. The van der Waals surface area contributed by atoms with Crippen molar-refractivity contribution in [3.05, 3.63) is 64.0 Å². The van der Waals surface area contributed by atoms with Crippen LogP contribution in [0.15, 0.2) is 41.5 Å². The van der Waals surface area contributed by atoms with Crippen molar-refractivity contribution in [2.45, 2.75) is 19.9 Å². The third-order valence-corrected chi connectivity index (χ3v) is 4.39. The van der Waals surface area contributed by atoms with Gasteiger partial charge in [0.25, 0.3) is 5.56 Å². The van der Waals surface area contributed by atoms with Crippen LogP contribution in [0.5, 0.6) is 0 Å². The van der Waals surface area contributed by atoms with Crippen molar-refractivity contribution in [3.8, 4) is 0 Å². The van der Waals surface area contributed by atoms with Gasteiger partial charge in [0.05, 0.1) is 11.3 Å². The zero-order valence-corrected chi connectivity index (χ0v) is 14.0. The van der Waals surface area contributed by atoms with Crippen LogP contribution in [0.2, 0.25) is 0 Å². The quantitative estimate of drug-likeness (QED) is 0.768. The number of hydrogen-bond donors (Lipinski definition) is 3. The lowest BCUT2D eigenvalue weighted by Crippen LogP contribution is -2.34. The Morgan fingerprint density at radius 2 is 1.92 bits per heavy atom. The average molecular weight is 355 g/mol. The first-order chi connectivity index (χ1) is 12.4. The maximum Gasteiger partial charge on any atom is 0.342 e. The number of allylic oxidation sites excluding steroid dienone is 1. The molecule has 8 heteroatoms. The van der Waals surface area contributed by atoms with Crippen molar-refractivity contribution in [3.63, 3.8) is 0 Å². The van der Waals surface area contributed by atoms with Gasteiger partial charge in [-0.3, -0.25) is 9.36 Å². The molecule has 1 aliphatic rings. The SMILES string of the molecule is CC1CCn2c(ncc(C(=O)O)c2=O)/C1=C/Nc1ccccc1C(=O)O. The largest absolute Gasteiger partial charge is 0.478 e. The number of benzene rings is 1. The van der Waals surface area contributed by atoms with Gasteiger partial charge in [-0.05, 0) is 24.5 Å². The Labute approximate surface area is 148 Å². The number of rotatable bonds is 4. The summed E-state index contributed by atoms with van der Waals surface area (Å²) in [5.41, 5.74) is 0.296. The van der Waals surface area contributed by atoms with E-state index >= 15 is 0 Å². The normalized spacial score (nSPS) is 17.6. The van der Waals surface area contributed by atoms with Crippen molar-refractivity contribution in [2.24, 2.45) is 5.92 Å². The molecule has 1 aromatic heterocycles. The van der Waals surface area contributed by atoms with Gasteiger partial charge in [-0.1, -0.05) is 19.1 Å². The van der Waals surface area contributed by atoms with E-state index in [2.05, 4.69) is 10.3 Å². The first-order valence-corrected chi connectivity index (χ1v) is 8.02. The zero-order chi connectivity index (χ0) is 18.8. The van der Waals surface area contributed by atoms with E-state index in [1.807, 2.05) is 6.92 Å². The molecule has 1 aliphatic heterocycles. The lowest BCUT2D eigenvalue weighted by Gasteiger charge is -2.25. The number of nitrogens with zero attached hydrogens (tertiary/aromatic N) is 2. The lowest BCUT2D eigenvalue weighted by molar-refractivity contribution is 0.0684. The summed E-state index contributed by atoms with van der Waals surface area (Å²) in [6.45, 7) is 2.35. The molecular weight excluding hydrogens is 338 g/mol. The summed E-state index contributed by atoms with van der Waals surface area (Å²) >= 11 is 0. The molecule has 0 radical (unpaired) electrons. The van der Waals surface area contributed by atoms with E-state index in [0.717, 1.165) is 6.20 Å². The minimum atomic E-state index is -1.31. The number of nitrogens with one attached hydrogen (secondary N) is 1. The van der Waals surface area contributed by atoms with E-state index in [0.29, 0.717) is 30.1 Å². The van der Waals surface area contributed by atoms with Gasteiger partial charge >= 0.3 is 11.9 Å². The molecular formula is C18H17N3O5. The van der Waals surface area contributed by atoms with Crippen LogP contribution in [0, 0.1) is 5.92 Å². The minimum absolute atomic E-state index is 0.0714. The van der Waals surface area contributed by atoms with Crippen LogP contribution in [0.3, 0.4) is 0 Å². The summed E-state index contributed by atoms with van der Waals surface area (Å²) in [6, 6.07) is 6.48. The number of hydrogen-bond acceptors (Lipinski definition) is 5. The Bertz CT molecular complexity index is 977. The highest BCUT2D eigenvalue weighted by Crippen LogP contribution is 2.29. The van der Waals surface area contributed by atoms with Gasteiger partial charge in [0.15, 0.2) is 0 Å². The third-order valence-electron chi connectivity index (χ3n) is 4.39. The Morgan fingerprint density at radius 3 is 2.62 bits per heavy atom. The van der Waals surface area contributed by atoms with Gasteiger partial charge in [-0.25, -0.2) is 14.6 Å². The van der Waals surface area contributed by atoms with E-state index < -0.39 is 17.5 Å². The van der Waals surface area contributed by atoms with Crippen molar-refractivity contribution in [1.29, 1.82) is 0 Å². The number of carboxylic acid groups (broad SMARTS) is 2. The van der Waals surface area contributed by atoms with Crippen LogP contribution in [0.4, 0.5) is 5.69 Å². The summed E-state index contributed by atoms with van der Waals surface area (Å²) in [6.07, 6.45) is 3.34. The molecule has 3 N–H and O–H groups in total. The molecule has 0 saturated carbocycles. The molecule has 3 rings (SSSR count). The van der Waals surface area contributed by atoms with Gasteiger partial charge in [0.1, 0.15) is 11.4 Å². The topological polar surface area (TPSA) is 122 Å². The van der Waals surface area contributed by atoms with E-state index in [-0.39, 0.29) is 17.0 Å². The number of carbonyl (C=O) groups is 2. The van der Waals surface area contributed by atoms with Crippen molar-refractivity contribution in [2.75, 3.05) is 5.32 Å². The first-order valence-electron chi connectivity index (χ1n) is 8.02. The lowest BCUT2D eigenvalue weighted by atomic mass is 9.94. The van der Waals surface area contributed by atoms with Crippen LogP contribution >= 0.6 is 0 Å². The fourth-order valence-corrected chi connectivity index (χ4v) is 2.93. The second-order valence-corrected chi connectivity index (χ2v) is 6.04. The number of anilines is 1. The van der Waals surface area contributed by atoms with E-state index in [1.54, 1.807) is 24.4 Å². The molecule has 0 fully saturated rings. The van der Waals surface area contributed by atoms with Crippen LogP contribution < -0.4 is 10.9 Å². The van der Waals surface area contributed by atoms with Crippen LogP contribution in [-0.4, -0.2) is 31.7 Å². The Kier molecular flexibility index (Phi) is 4.57. The second-order valence-electron chi connectivity index (χ2n) is 6.04. The predicted octanol–water partition coefficient (Wildman–Crippen LogP) is 2.13. The average Bonchev–Trinajstić information content (AvgIpc) is 2.61. The molecule has 0 aliphatic carbocycles. The fourth-order valence-electron chi connectivity index (χ4n) is 2.93. The van der Waals surface area contributed by atoms with Gasteiger partial charge in [-0.15, -0.1) is 0 Å². The van der Waals surface area contributed by atoms with Crippen molar-refractivity contribution < 1.29 is 19.8 Å². The molecule has 0 bridgehead atoms. The smallest absolute Gasteiger partial charge is 0.342 e. The Morgan fingerprint density at radius 1 is 1.23 bits per heavy atom. The molecule has 8 nitrogen and oxygen atoms in total. The highest BCUT2D eigenvalue weighted by atomic mass is 16.4. The van der Waals surface area contributed by atoms with E-state index in [1.165, 1.54) is 10.6 Å². The summed E-state index contributed by atoms with van der Waals surface area (Å²) < 4.78 is 1.35. The van der Waals surface area contributed by atoms with Crippen LogP contribution in [-0.2, 0) is 6.54 Å². The predicted molar refractivity (Wildman–Crippen MR) is 94.2 cm³/mol. The molecule has 26 heavy (non-hydrogen) atoms. The number of aromatic carboxylic acids is 2. The number of fused-ring (bicyclic) bond motifs is 1. The van der Waals surface area contributed by atoms with Crippen molar-refractivity contribution in [1.82, 2.24) is 9.55 Å². The summed E-state index contributed by atoms with van der Waals surface area (Å²) in [7, 11) is 0. The van der Waals surface area contributed by atoms with E-state index in [4.69, 9.17) is 5.11 Å². The molecule has 1 unspecified atom stereocenters. The van der Waals surface area contributed by atoms with Crippen LogP contribution in [0.1, 0.15) is 39.9 Å². The van der Waals surface area contributed by atoms with Crippen LogP contribution in [0.25, 0.3) is 5.57 Å². The number of para-hydroxylation sites is 1. The zero-order valence-electron chi connectivity index (χ0n) is 14.0. The molecule has 1 atom stereocenters. The fraction of sp³-hybridized carbons (Fsp3) is 0.222. The highest BCUT2D eigenvalue weighted by Gasteiger charge is 2.25. The molecule has 1 aromatic carbocycles. The van der Waals surface area contributed by atoms with Gasteiger partial charge in [-0.2, -0.15) is 0 Å². The summed E-state index contributed by atoms with van der Waals surface area (Å²) in [5, 5.41) is 21.3. The molecule has 134 valence electrons. The summed E-state index contributed by atoms with van der Waals surface area (Å²) in [4.78, 5) is 38.9. The summed E-state index contributed by atoms with van der Waals surface area (Å²) in [5.74, 6) is -1.90. The van der Waals surface area contributed by atoms with Gasteiger partial charge < -0.3 is 15.5 Å². The minimum Gasteiger partial charge on any atom is -0.478 e. The molecule has 0 saturated heterocycles. The van der Waals surface area contributed by atoms with E-state index in [9.17, 15) is 19.5 Å². The third kappa shape index (κ3) is 3.08. The Hall–Kier alpha value is -3.42. The first kappa shape index (κ1) is 17.4. The number of aromatic nitrogens is 2. The maximum absolute atomic E-state index is 12.3. The van der Waals surface area contributed by atoms with Gasteiger partial charge in [0.2, 0.25) is 0 Å². The number of carboxylic acids is 2. The van der Waals surface area contributed by atoms with Gasteiger partial charge in [0, 0.05) is 24.5 Å². The molecule has 2 aromatic rings. The highest BCUT2D eigenvalue weighted by molar-refractivity contribution is 5.94. The molecule has 0 amide bonds. The standard InChI is InChI=1S/C18H17N3O5/c1-10-6-7-21-15(20-9-13(16(21)22)18(25)26)12(10)8-19-14-5-3-2-4-11(14)17(23)24/h2-5,8-10,19H,6-7H2,1H3,(H,23,24)(H,25,26)/b12-8+. The molecule has 2 heterocycles.